The largest absolute Gasteiger partial charge is 0.338 e. The minimum atomic E-state index is -0.424. The Morgan fingerprint density at radius 3 is 3.20 bits per heavy atom. The van der Waals surface area contributed by atoms with Gasteiger partial charge in [0.05, 0.1) is 11.1 Å². The van der Waals surface area contributed by atoms with Gasteiger partial charge < -0.3 is 9.84 Å². The summed E-state index contributed by atoms with van der Waals surface area (Å²) in [5.41, 5.74) is 0.468. The van der Waals surface area contributed by atoms with Crippen molar-refractivity contribution in [3.63, 3.8) is 0 Å². The zero-order chi connectivity index (χ0) is 13.9. The highest BCUT2D eigenvalue weighted by atomic mass is 35.5. The van der Waals surface area contributed by atoms with E-state index in [1.54, 1.807) is 12.1 Å². The summed E-state index contributed by atoms with van der Waals surface area (Å²) in [5.74, 6) is 2.61. The average molecular weight is 314 g/mol. The van der Waals surface area contributed by atoms with E-state index in [1.807, 2.05) is 11.8 Å². The molecule has 1 aliphatic heterocycles. The Labute approximate surface area is 125 Å². The second-order valence-corrected chi connectivity index (χ2v) is 6.08. The standard InChI is InChI=1S/C13H13ClFN3OS/c14-9-3-1-2-8(12(9)15)6-11-17-13(19-18-11)10-7-20-5-4-16-10/h1-3,10,16H,4-7H2. The van der Waals surface area contributed by atoms with Crippen LogP contribution in [0.15, 0.2) is 22.7 Å². The molecule has 1 fully saturated rings. The molecule has 0 radical (unpaired) electrons. The maximum atomic E-state index is 13.8. The fraction of sp³-hybridized carbons (Fsp3) is 0.385. The second kappa shape index (κ2) is 6.11. The average Bonchev–Trinajstić information content (AvgIpc) is 2.93. The first kappa shape index (κ1) is 13.9. The molecule has 0 saturated carbocycles. The number of aromatic nitrogens is 2. The van der Waals surface area contributed by atoms with Gasteiger partial charge in [-0.1, -0.05) is 28.9 Å². The molecule has 1 aromatic carbocycles. The summed E-state index contributed by atoms with van der Waals surface area (Å²) in [6.45, 7) is 0.927. The number of hydrogen-bond donors (Lipinski definition) is 1. The molecular formula is C13H13ClFN3OS. The number of rotatable bonds is 3. The summed E-state index contributed by atoms with van der Waals surface area (Å²) in [7, 11) is 0. The normalized spacial score (nSPS) is 19.2. The molecule has 1 aromatic heterocycles. The van der Waals surface area contributed by atoms with Gasteiger partial charge in [-0.2, -0.15) is 16.7 Å². The Hall–Kier alpha value is -1.11. The van der Waals surface area contributed by atoms with E-state index in [9.17, 15) is 4.39 Å². The first-order chi connectivity index (χ1) is 9.74. The molecule has 1 unspecified atom stereocenters. The van der Waals surface area contributed by atoms with E-state index >= 15 is 0 Å². The summed E-state index contributed by atoms with van der Waals surface area (Å²) >= 11 is 7.60. The van der Waals surface area contributed by atoms with Crippen molar-refractivity contribution < 1.29 is 8.91 Å². The molecule has 0 amide bonds. The van der Waals surface area contributed by atoms with Gasteiger partial charge in [0, 0.05) is 24.5 Å². The lowest BCUT2D eigenvalue weighted by Gasteiger charge is -2.19. The highest BCUT2D eigenvalue weighted by Gasteiger charge is 2.21. The van der Waals surface area contributed by atoms with E-state index in [1.165, 1.54) is 6.07 Å². The minimum absolute atomic E-state index is 0.0826. The van der Waals surface area contributed by atoms with Gasteiger partial charge in [-0.25, -0.2) is 4.39 Å². The van der Waals surface area contributed by atoms with E-state index in [0.717, 1.165) is 18.1 Å². The van der Waals surface area contributed by atoms with Crippen LogP contribution in [0.25, 0.3) is 0 Å². The zero-order valence-corrected chi connectivity index (χ0v) is 12.2. The summed E-state index contributed by atoms with van der Waals surface area (Å²) < 4.78 is 19.1. The van der Waals surface area contributed by atoms with Crippen LogP contribution in [0.3, 0.4) is 0 Å². The van der Waals surface area contributed by atoms with Gasteiger partial charge in [-0.3, -0.25) is 0 Å². The van der Waals surface area contributed by atoms with Crippen molar-refractivity contribution in [3.8, 4) is 0 Å². The third-order valence-corrected chi connectivity index (χ3v) is 4.44. The topological polar surface area (TPSA) is 51.0 Å². The molecule has 20 heavy (non-hydrogen) atoms. The fourth-order valence-electron chi connectivity index (χ4n) is 2.06. The molecule has 0 bridgehead atoms. The molecule has 1 saturated heterocycles. The molecule has 106 valence electrons. The van der Waals surface area contributed by atoms with Crippen LogP contribution >= 0.6 is 23.4 Å². The first-order valence-electron chi connectivity index (χ1n) is 6.30. The number of hydrogen-bond acceptors (Lipinski definition) is 5. The molecule has 1 aliphatic rings. The first-order valence-corrected chi connectivity index (χ1v) is 7.84. The minimum Gasteiger partial charge on any atom is -0.338 e. The number of thioether (sulfide) groups is 1. The molecule has 1 atom stereocenters. The van der Waals surface area contributed by atoms with Crippen molar-refractivity contribution in [2.24, 2.45) is 0 Å². The SMILES string of the molecule is Fc1c(Cl)cccc1Cc1noc(C2CSCCN2)n1. The van der Waals surface area contributed by atoms with Crippen molar-refractivity contribution in [2.45, 2.75) is 12.5 Å². The van der Waals surface area contributed by atoms with Gasteiger partial charge >= 0.3 is 0 Å². The van der Waals surface area contributed by atoms with Crippen LogP contribution in [0, 0.1) is 5.82 Å². The Morgan fingerprint density at radius 2 is 2.40 bits per heavy atom. The Balaban J connectivity index is 1.75. The molecule has 3 rings (SSSR count). The second-order valence-electron chi connectivity index (χ2n) is 4.52. The lowest BCUT2D eigenvalue weighted by atomic mass is 10.1. The van der Waals surface area contributed by atoms with Crippen LogP contribution in [0.1, 0.15) is 23.3 Å². The third kappa shape index (κ3) is 2.97. The monoisotopic (exact) mass is 313 g/mol. The van der Waals surface area contributed by atoms with E-state index < -0.39 is 5.82 Å². The van der Waals surface area contributed by atoms with Crippen LogP contribution in [-0.4, -0.2) is 28.2 Å². The van der Waals surface area contributed by atoms with Crippen LogP contribution < -0.4 is 5.32 Å². The van der Waals surface area contributed by atoms with Gasteiger partial charge in [-0.15, -0.1) is 0 Å². The van der Waals surface area contributed by atoms with E-state index in [2.05, 4.69) is 15.5 Å². The number of nitrogens with zero attached hydrogens (tertiary/aromatic N) is 2. The molecule has 1 N–H and O–H groups in total. The van der Waals surface area contributed by atoms with Gasteiger partial charge in [0.25, 0.3) is 0 Å². The van der Waals surface area contributed by atoms with Gasteiger partial charge in [0.1, 0.15) is 5.82 Å². The van der Waals surface area contributed by atoms with E-state index in [-0.39, 0.29) is 17.5 Å². The third-order valence-electron chi connectivity index (χ3n) is 3.08. The lowest BCUT2D eigenvalue weighted by molar-refractivity contribution is 0.339. The predicted molar refractivity (Wildman–Crippen MR) is 76.6 cm³/mol. The summed E-state index contributed by atoms with van der Waals surface area (Å²) in [5, 5.41) is 7.34. The summed E-state index contributed by atoms with van der Waals surface area (Å²) in [6.07, 6.45) is 0.274. The van der Waals surface area contributed by atoms with Crippen molar-refractivity contribution in [1.29, 1.82) is 0 Å². The van der Waals surface area contributed by atoms with Gasteiger partial charge in [-0.05, 0) is 11.6 Å². The molecule has 0 spiro atoms. The number of halogens is 2. The molecule has 4 nitrogen and oxygen atoms in total. The Kier molecular flexibility index (Phi) is 4.24. The summed E-state index contributed by atoms with van der Waals surface area (Å²) in [6, 6.07) is 4.98. The van der Waals surface area contributed by atoms with Crippen molar-refractivity contribution in [1.82, 2.24) is 15.5 Å². The molecule has 2 aromatic rings. The predicted octanol–water partition coefficient (Wildman–Crippen LogP) is 2.83. The van der Waals surface area contributed by atoms with E-state index in [0.29, 0.717) is 17.3 Å². The molecule has 7 heteroatoms. The van der Waals surface area contributed by atoms with Crippen molar-refractivity contribution in [3.05, 3.63) is 46.3 Å². The van der Waals surface area contributed by atoms with Crippen LogP contribution in [-0.2, 0) is 6.42 Å². The quantitative estimate of drug-likeness (QED) is 0.944. The van der Waals surface area contributed by atoms with E-state index in [4.69, 9.17) is 16.1 Å². The van der Waals surface area contributed by atoms with Gasteiger partial charge in [0.2, 0.25) is 5.89 Å². The highest BCUT2D eigenvalue weighted by molar-refractivity contribution is 7.99. The van der Waals surface area contributed by atoms with Gasteiger partial charge in [0.15, 0.2) is 5.82 Å². The Morgan fingerprint density at radius 1 is 1.50 bits per heavy atom. The number of nitrogens with one attached hydrogen (secondary N) is 1. The summed E-state index contributed by atoms with van der Waals surface area (Å²) in [4.78, 5) is 4.34. The molecule has 0 aliphatic carbocycles. The van der Waals surface area contributed by atoms with Crippen molar-refractivity contribution in [2.75, 3.05) is 18.1 Å². The maximum Gasteiger partial charge on any atom is 0.244 e. The molecular weight excluding hydrogens is 301 g/mol. The number of benzene rings is 1. The van der Waals surface area contributed by atoms with Crippen molar-refractivity contribution >= 4 is 23.4 Å². The van der Waals surface area contributed by atoms with Crippen LogP contribution in [0.4, 0.5) is 4.39 Å². The lowest BCUT2D eigenvalue weighted by Crippen LogP contribution is -2.30. The highest BCUT2D eigenvalue weighted by Crippen LogP contribution is 2.22. The van der Waals surface area contributed by atoms with Crippen LogP contribution in [0.5, 0.6) is 0 Å². The fourth-order valence-corrected chi connectivity index (χ4v) is 3.18. The maximum absolute atomic E-state index is 13.8. The molecule has 2 heterocycles. The smallest absolute Gasteiger partial charge is 0.244 e. The van der Waals surface area contributed by atoms with Crippen LogP contribution in [0.2, 0.25) is 5.02 Å². The Bertz CT molecular complexity index is 601. The zero-order valence-electron chi connectivity index (χ0n) is 10.6.